The van der Waals surface area contributed by atoms with Crippen LogP contribution in [-0.4, -0.2) is 24.6 Å². The summed E-state index contributed by atoms with van der Waals surface area (Å²) in [6.45, 7) is 3.40. The molecule has 0 N–H and O–H groups in total. The molecular weight excluding hydrogens is 352 g/mol. The van der Waals surface area contributed by atoms with Gasteiger partial charge in [0.15, 0.2) is 23.7 Å². The van der Waals surface area contributed by atoms with E-state index in [9.17, 15) is 4.79 Å². The Bertz CT molecular complexity index is 1020. The second kappa shape index (κ2) is 7.50. The Kier molecular flexibility index (Phi) is 4.90. The summed E-state index contributed by atoms with van der Waals surface area (Å²) in [4.78, 5) is 12.9. The molecule has 1 aliphatic rings. The van der Waals surface area contributed by atoms with Gasteiger partial charge in [0.2, 0.25) is 5.78 Å². The fourth-order valence-electron chi connectivity index (χ4n) is 3.86. The lowest BCUT2D eigenvalue weighted by molar-refractivity contribution is -0.689. The van der Waals surface area contributed by atoms with Gasteiger partial charge in [-0.1, -0.05) is 29.8 Å². The minimum absolute atomic E-state index is 0.0571. The Labute approximate surface area is 165 Å². The number of hydrogen-bond donors (Lipinski definition) is 0. The van der Waals surface area contributed by atoms with Crippen molar-refractivity contribution in [2.45, 2.75) is 32.9 Å². The Balaban J connectivity index is 1.64. The van der Waals surface area contributed by atoms with E-state index in [-0.39, 0.29) is 5.78 Å². The summed E-state index contributed by atoms with van der Waals surface area (Å²) in [5.74, 6) is 2.46. The van der Waals surface area contributed by atoms with Gasteiger partial charge in [0.1, 0.15) is 6.20 Å². The number of carbonyl (C=O) groups excluding carboxylic acids is 1. The van der Waals surface area contributed by atoms with Crippen molar-refractivity contribution >= 4 is 5.78 Å². The molecule has 0 saturated heterocycles. The standard InChI is InChI=1S/C23H25N2O3/c1-16-6-8-17(9-7-16)19-14-24(23-5-4-12-25(19)23)15-20(26)18-10-11-21(27-2)22(13-18)28-3/h6-11,13-14H,4-5,12,15H2,1-3H3/q+1. The monoisotopic (exact) mass is 377 g/mol. The number of ether oxygens (including phenoxy) is 2. The summed E-state index contributed by atoms with van der Waals surface area (Å²) in [7, 11) is 3.17. The zero-order chi connectivity index (χ0) is 19.7. The van der Waals surface area contributed by atoms with Crippen LogP contribution >= 0.6 is 0 Å². The number of imidazole rings is 1. The van der Waals surface area contributed by atoms with Crippen molar-refractivity contribution in [2.75, 3.05) is 14.2 Å². The lowest BCUT2D eigenvalue weighted by Gasteiger charge is -2.08. The summed E-state index contributed by atoms with van der Waals surface area (Å²) in [5, 5.41) is 0. The quantitative estimate of drug-likeness (QED) is 0.487. The minimum atomic E-state index is 0.0571. The summed E-state index contributed by atoms with van der Waals surface area (Å²) in [6.07, 6.45) is 4.21. The summed E-state index contributed by atoms with van der Waals surface area (Å²) < 4.78 is 15.0. The van der Waals surface area contributed by atoms with Crippen LogP contribution < -0.4 is 14.0 Å². The maximum atomic E-state index is 12.9. The molecule has 0 aliphatic carbocycles. The third-order valence-corrected chi connectivity index (χ3v) is 5.36. The van der Waals surface area contributed by atoms with Crippen LogP contribution in [-0.2, 0) is 19.5 Å². The number of benzene rings is 2. The van der Waals surface area contributed by atoms with Gasteiger partial charge in [0.05, 0.1) is 27.2 Å². The Morgan fingerprint density at radius 2 is 1.82 bits per heavy atom. The van der Waals surface area contributed by atoms with Crippen molar-refractivity contribution in [3.8, 4) is 22.8 Å². The molecule has 2 heterocycles. The molecule has 3 aromatic rings. The predicted molar refractivity (Wildman–Crippen MR) is 107 cm³/mol. The Morgan fingerprint density at radius 3 is 2.54 bits per heavy atom. The number of methoxy groups -OCH3 is 2. The number of aromatic nitrogens is 2. The highest BCUT2D eigenvalue weighted by Crippen LogP contribution is 2.28. The number of nitrogens with zero attached hydrogens (tertiary/aromatic N) is 2. The van der Waals surface area contributed by atoms with E-state index in [0.29, 0.717) is 23.6 Å². The highest BCUT2D eigenvalue weighted by Gasteiger charge is 2.29. The molecule has 5 heteroatoms. The minimum Gasteiger partial charge on any atom is -0.493 e. The first-order valence-corrected chi connectivity index (χ1v) is 9.55. The van der Waals surface area contributed by atoms with Crippen LogP contribution in [0.1, 0.15) is 28.2 Å². The summed E-state index contributed by atoms with van der Waals surface area (Å²) in [6, 6.07) is 13.9. The van der Waals surface area contributed by atoms with Crippen LogP contribution in [0.15, 0.2) is 48.7 Å². The van der Waals surface area contributed by atoms with E-state index in [1.807, 2.05) is 0 Å². The molecule has 0 amide bonds. The lowest BCUT2D eigenvalue weighted by atomic mass is 10.1. The van der Waals surface area contributed by atoms with Crippen LogP contribution in [0.2, 0.25) is 0 Å². The first-order valence-electron chi connectivity index (χ1n) is 9.55. The van der Waals surface area contributed by atoms with E-state index in [1.165, 1.54) is 22.6 Å². The van der Waals surface area contributed by atoms with Crippen LogP contribution in [0.3, 0.4) is 0 Å². The molecule has 0 fully saturated rings. The largest absolute Gasteiger partial charge is 0.493 e. The second-order valence-electron chi connectivity index (χ2n) is 7.17. The Morgan fingerprint density at radius 1 is 1.07 bits per heavy atom. The second-order valence-corrected chi connectivity index (χ2v) is 7.17. The SMILES string of the molecule is COc1ccc(C(=O)C[n+]2cc(-c3ccc(C)cc3)n3c2CCC3)cc1OC. The van der Waals surface area contributed by atoms with Crippen LogP contribution in [0.25, 0.3) is 11.3 Å². The molecule has 0 unspecified atom stereocenters. The fraction of sp³-hybridized carbons (Fsp3) is 0.304. The zero-order valence-corrected chi connectivity index (χ0v) is 16.6. The van der Waals surface area contributed by atoms with Gasteiger partial charge in [-0.25, -0.2) is 9.13 Å². The van der Waals surface area contributed by atoms with Gasteiger partial charge in [-0.2, -0.15) is 0 Å². The first-order chi connectivity index (χ1) is 13.6. The van der Waals surface area contributed by atoms with E-state index in [4.69, 9.17) is 9.47 Å². The number of fused-ring (bicyclic) bond motifs is 1. The molecule has 0 saturated carbocycles. The normalized spacial score (nSPS) is 12.7. The van der Waals surface area contributed by atoms with Crippen LogP contribution in [0.5, 0.6) is 11.5 Å². The topological polar surface area (TPSA) is 44.3 Å². The van der Waals surface area contributed by atoms with E-state index < -0.39 is 0 Å². The molecular formula is C23H25N2O3+. The van der Waals surface area contributed by atoms with Gasteiger partial charge >= 0.3 is 0 Å². The molecule has 1 aliphatic heterocycles. The molecule has 0 spiro atoms. The van der Waals surface area contributed by atoms with Crippen molar-refractivity contribution < 1.29 is 18.8 Å². The predicted octanol–water partition coefficient (Wildman–Crippen LogP) is 3.60. The molecule has 0 bridgehead atoms. The number of Topliss-reactive ketones (excluding diaryl/α,β-unsaturated/α-hetero) is 1. The van der Waals surface area contributed by atoms with Gasteiger partial charge in [0.25, 0.3) is 5.82 Å². The number of ketones is 1. The summed E-state index contributed by atoms with van der Waals surface area (Å²) in [5.41, 5.74) is 4.23. The maximum absolute atomic E-state index is 12.9. The number of aryl methyl sites for hydroxylation is 1. The van der Waals surface area contributed by atoms with Crippen molar-refractivity contribution in [1.82, 2.24) is 4.57 Å². The molecule has 144 valence electrons. The van der Waals surface area contributed by atoms with Crippen molar-refractivity contribution in [2.24, 2.45) is 0 Å². The molecule has 4 rings (SSSR count). The van der Waals surface area contributed by atoms with Crippen LogP contribution in [0, 0.1) is 6.92 Å². The summed E-state index contributed by atoms with van der Waals surface area (Å²) >= 11 is 0. The van der Waals surface area contributed by atoms with Gasteiger partial charge in [0, 0.05) is 11.1 Å². The third kappa shape index (κ3) is 3.28. The number of carbonyl (C=O) groups is 1. The van der Waals surface area contributed by atoms with Gasteiger partial charge in [-0.05, 0) is 31.5 Å². The molecule has 0 radical (unpaired) electrons. The highest BCUT2D eigenvalue weighted by molar-refractivity contribution is 5.95. The smallest absolute Gasteiger partial charge is 0.257 e. The van der Waals surface area contributed by atoms with Gasteiger partial charge in [-0.3, -0.25) is 4.79 Å². The first kappa shape index (κ1) is 18.3. The average Bonchev–Trinajstić information content (AvgIpc) is 3.32. The molecule has 1 aromatic heterocycles. The van der Waals surface area contributed by atoms with Crippen molar-refractivity contribution in [1.29, 1.82) is 0 Å². The van der Waals surface area contributed by atoms with Gasteiger partial charge < -0.3 is 9.47 Å². The molecule has 28 heavy (non-hydrogen) atoms. The number of rotatable bonds is 6. The van der Waals surface area contributed by atoms with E-state index in [2.05, 4.69) is 46.5 Å². The van der Waals surface area contributed by atoms with E-state index in [1.54, 1.807) is 32.4 Å². The molecule has 0 atom stereocenters. The lowest BCUT2D eigenvalue weighted by Crippen LogP contribution is -2.40. The highest BCUT2D eigenvalue weighted by atomic mass is 16.5. The zero-order valence-electron chi connectivity index (χ0n) is 16.6. The maximum Gasteiger partial charge on any atom is 0.257 e. The van der Waals surface area contributed by atoms with Crippen LogP contribution in [0.4, 0.5) is 0 Å². The van der Waals surface area contributed by atoms with E-state index >= 15 is 0 Å². The van der Waals surface area contributed by atoms with E-state index in [0.717, 1.165) is 19.4 Å². The number of hydrogen-bond acceptors (Lipinski definition) is 3. The van der Waals surface area contributed by atoms with Crippen molar-refractivity contribution in [3.05, 3.63) is 65.6 Å². The van der Waals surface area contributed by atoms with Crippen molar-refractivity contribution in [3.63, 3.8) is 0 Å². The third-order valence-electron chi connectivity index (χ3n) is 5.36. The molecule has 2 aromatic carbocycles. The molecule has 5 nitrogen and oxygen atoms in total. The van der Waals surface area contributed by atoms with Gasteiger partial charge in [-0.15, -0.1) is 0 Å². The fourth-order valence-corrected chi connectivity index (χ4v) is 3.86. The Hall–Kier alpha value is -3.08. The average molecular weight is 377 g/mol.